The Kier molecular flexibility index (Phi) is 9.19. The number of carbonyl (C=O) groups is 1. The number of nitrogens with zero attached hydrogens (tertiary/aromatic N) is 4. The van der Waals surface area contributed by atoms with E-state index in [9.17, 15) is 19.7 Å². The number of ether oxygens (including phenoxy) is 1. The second kappa shape index (κ2) is 12.7. The fourth-order valence-corrected chi connectivity index (χ4v) is 4.74. The van der Waals surface area contributed by atoms with E-state index in [2.05, 4.69) is 15.2 Å². The number of aromatic nitrogens is 2. The van der Waals surface area contributed by atoms with Crippen LogP contribution in [0.5, 0.6) is 0 Å². The van der Waals surface area contributed by atoms with Crippen LogP contribution in [0.15, 0.2) is 47.4 Å². The average Bonchev–Trinajstić information content (AvgIpc) is 2.92. The smallest absolute Gasteiger partial charge is 0.338 e. The summed E-state index contributed by atoms with van der Waals surface area (Å²) in [7, 11) is 0. The molecule has 1 fully saturated rings. The van der Waals surface area contributed by atoms with E-state index >= 15 is 0 Å². The van der Waals surface area contributed by atoms with Crippen LogP contribution in [0.1, 0.15) is 54.1 Å². The third-order valence-corrected chi connectivity index (χ3v) is 7.11. The van der Waals surface area contributed by atoms with Crippen LogP contribution >= 0.6 is 0 Å². The van der Waals surface area contributed by atoms with E-state index in [1.54, 1.807) is 41.8 Å². The Labute approximate surface area is 221 Å². The molecule has 2 aromatic carbocycles. The number of likely N-dealkylation sites (tertiary alicyclic amines) is 1. The van der Waals surface area contributed by atoms with Crippen molar-refractivity contribution in [2.45, 2.75) is 58.7 Å². The highest BCUT2D eigenvalue weighted by atomic mass is 16.6. The summed E-state index contributed by atoms with van der Waals surface area (Å²) in [5.74, 6) is -0.391. The molecule has 10 nitrogen and oxygen atoms in total. The number of nitrogens with one attached hydrogen (secondary N) is 1. The summed E-state index contributed by atoms with van der Waals surface area (Å²) in [6.45, 7) is 7.73. The van der Waals surface area contributed by atoms with Gasteiger partial charge in [-0.1, -0.05) is 25.5 Å². The quantitative estimate of drug-likeness (QED) is 0.175. The Morgan fingerprint density at radius 1 is 1.18 bits per heavy atom. The van der Waals surface area contributed by atoms with Gasteiger partial charge in [-0.2, -0.15) is 0 Å². The normalized spacial score (nSPS) is 14.6. The van der Waals surface area contributed by atoms with Crippen molar-refractivity contribution in [1.82, 2.24) is 19.8 Å². The van der Waals surface area contributed by atoms with E-state index < -0.39 is 5.97 Å². The molecular weight excluding hydrogens is 486 g/mol. The van der Waals surface area contributed by atoms with E-state index in [0.717, 1.165) is 44.3 Å². The molecule has 1 aliphatic heterocycles. The molecule has 10 heteroatoms. The Morgan fingerprint density at radius 3 is 2.71 bits per heavy atom. The molecule has 0 aliphatic carbocycles. The number of hydrogen-bond acceptors (Lipinski definition) is 8. The first kappa shape index (κ1) is 27.4. The van der Waals surface area contributed by atoms with Gasteiger partial charge in [-0.15, -0.1) is 0 Å². The van der Waals surface area contributed by atoms with Crippen LogP contribution in [0, 0.1) is 17.0 Å². The van der Waals surface area contributed by atoms with Crippen LogP contribution in [-0.4, -0.2) is 57.6 Å². The monoisotopic (exact) mass is 521 g/mol. The molecule has 0 unspecified atom stereocenters. The van der Waals surface area contributed by atoms with Crippen molar-refractivity contribution in [3.8, 4) is 0 Å². The number of nitro groups is 1. The van der Waals surface area contributed by atoms with E-state index in [-0.39, 0.29) is 16.2 Å². The van der Waals surface area contributed by atoms with E-state index in [1.165, 1.54) is 6.20 Å². The molecule has 1 saturated heterocycles. The number of hydrogen-bond donors (Lipinski definition) is 1. The molecule has 3 aromatic rings. The summed E-state index contributed by atoms with van der Waals surface area (Å²) in [6.07, 6.45) is 4.99. The zero-order valence-electron chi connectivity index (χ0n) is 22.0. The molecule has 202 valence electrons. The van der Waals surface area contributed by atoms with Gasteiger partial charge in [0.05, 0.1) is 34.3 Å². The van der Waals surface area contributed by atoms with Crippen molar-refractivity contribution in [1.29, 1.82) is 0 Å². The van der Waals surface area contributed by atoms with E-state index in [1.807, 2.05) is 13.0 Å². The van der Waals surface area contributed by atoms with Gasteiger partial charge in [-0.3, -0.25) is 14.9 Å². The number of piperidine rings is 1. The second-order valence-corrected chi connectivity index (χ2v) is 9.82. The first-order valence-corrected chi connectivity index (χ1v) is 13.2. The number of aryl methyl sites for hydroxylation is 1. The molecule has 4 rings (SSSR count). The van der Waals surface area contributed by atoms with Gasteiger partial charge in [-0.25, -0.2) is 9.78 Å². The Balaban J connectivity index is 1.32. The predicted molar refractivity (Wildman–Crippen MR) is 145 cm³/mol. The van der Waals surface area contributed by atoms with Crippen LogP contribution in [0.2, 0.25) is 0 Å². The highest BCUT2D eigenvalue weighted by Gasteiger charge is 2.20. The van der Waals surface area contributed by atoms with Crippen LogP contribution < -0.4 is 10.9 Å². The summed E-state index contributed by atoms with van der Waals surface area (Å²) in [5.41, 5.74) is 3.23. The highest BCUT2D eigenvalue weighted by molar-refractivity contribution is 5.93. The van der Waals surface area contributed by atoms with Gasteiger partial charge in [0.25, 0.3) is 11.2 Å². The first-order valence-electron chi connectivity index (χ1n) is 13.2. The van der Waals surface area contributed by atoms with Gasteiger partial charge in [0.15, 0.2) is 0 Å². The molecule has 0 amide bonds. The van der Waals surface area contributed by atoms with Crippen molar-refractivity contribution in [2.75, 3.05) is 26.2 Å². The van der Waals surface area contributed by atoms with Crippen LogP contribution in [0.25, 0.3) is 11.0 Å². The Hall–Kier alpha value is -3.63. The minimum Gasteiger partial charge on any atom is -0.462 e. The van der Waals surface area contributed by atoms with Crippen molar-refractivity contribution in [2.24, 2.45) is 0 Å². The number of rotatable bonds is 11. The zero-order chi connectivity index (χ0) is 27.1. The molecule has 2 heterocycles. The summed E-state index contributed by atoms with van der Waals surface area (Å²) in [6, 6.07) is 10.8. The number of carbonyl (C=O) groups excluding carboxylic acids is 1. The Morgan fingerprint density at radius 2 is 1.97 bits per heavy atom. The lowest BCUT2D eigenvalue weighted by molar-refractivity contribution is -0.385. The maximum Gasteiger partial charge on any atom is 0.338 e. The summed E-state index contributed by atoms with van der Waals surface area (Å²) < 4.78 is 7.01. The SMILES string of the molecule is CCCCOC(=O)c1ccc2ncc(=O)n(CCN3CCC(NCc4ccc(C)c([N+](=O)[O-])c4)CC3)c2c1. The van der Waals surface area contributed by atoms with E-state index in [4.69, 9.17) is 4.74 Å². The number of esters is 1. The lowest BCUT2D eigenvalue weighted by Crippen LogP contribution is -2.43. The zero-order valence-corrected chi connectivity index (χ0v) is 22.0. The molecule has 1 aromatic heterocycles. The number of nitro benzene ring substituents is 1. The third-order valence-electron chi connectivity index (χ3n) is 7.11. The first-order chi connectivity index (χ1) is 18.4. The minimum atomic E-state index is -0.391. The molecule has 0 saturated carbocycles. The second-order valence-electron chi connectivity index (χ2n) is 9.82. The van der Waals surface area contributed by atoms with Gasteiger partial charge >= 0.3 is 5.97 Å². The van der Waals surface area contributed by atoms with Crippen molar-refractivity contribution < 1.29 is 14.5 Å². The highest BCUT2D eigenvalue weighted by Crippen LogP contribution is 2.20. The van der Waals surface area contributed by atoms with Gasteiger partial charge < -0.3 is 19.5 Å². The summed E-state index contributed by atoms with van der Waals surface area (Å²) in [4.78, 5) is 42.5. The van der Waals surface area contributed by atoms with Gasteiger partial charge in [0.1, 0.15) is 0 Å². The number of benzene rings is 2. The molecule has 1 N–H and O–H groups in total. The molecule has 0 atom stereocenters. The van der Waals surface area contributed by atoms with Crippen LogP contribution in [0.3, 0.4) is 0 Å². The maximum atomic E-state index is 12.7. The predicted octanol–water partition coefficient (Wildman–Crippen LogP) is 3.82. The van der Waals surface area contributed by atoms with Crippen LogP contribution in [-0.2, 0) is 17.8 Å². The van der Waals surface area contributed by atoms with Crippen molar-refractivity contribution in [3.05, 3.63) is 79.8 Å². The molecule has 0 spiro atoms. The third kappa shape index (κ3) is 6.81. The standard InChI is InChI=1S/C28H35N5O5/c1-3-4-15-38-28(35)22-7-8-24-26(17-22)32(27(34)19-30-24)14-13-31-11-9-23(10-12-31)29-18-21-6-5-20(2)25(16-21)33(36)37/h5-8,16-17,19,23,29H,3-4,9-15,18H2,1-2H3. The molecular formula is C28H35N5O5. The summed E-state index contributed by atoms with van der Waals surface area (Å²) >= 11 is 0. The number of unbranched alkanes of at least 4 members (excludes halogenated alkanes) is 1. The average molecular weight is 522 g/mol. The number of fused-ring (bicyclic) bond motifs is 1. The lowest BCUT2D eigenvalue weighted by Gasteiger charge is -2.32. The van der Waals surface area contributed by atoms with Gasteiger partial charge in [0, 0.05) is 37.3 Å². The Bertz CT molecular complexity index is 1350. The molecule has 0 radical (unpaired) electrons. The van der Waals surface area contributed by atoms with Gasteiger partial charge in [-0.05, 0) is 63.0 Å². The fraction of sp³-hybridized carbons (Fsp3) is 0.464. The molecule has 0 bridgehead atoms. The topological polar surface area (TPSA) is 120 Å². The van der Waals surface area contributed by atoms with Crippen LogP contribution in [0.4, 0.5) is 5.69 Å². The van der Waals surface area contributed by atoms with E-state index in [0.29, 0.717) is 54.4 Å². The minimum absolute atomic E-state index is 0.151. The van der Waals surface area contributed by atoms with Gasteiger partial charge in [0.2, 0.25) is 0 Å². The van der Waals surface area contributed by atoms with Crippen molar-refractivity contribution >= 4 is 22.7 Å². The fourth-order valence-electron chi connectivity index (χ4n) is 4.74. The van der Waals surface area contributed by atoms with Crippen molar-refractivity contribution in [3.63, 3.8) is 0 Å². The molecule has 1 aliphatic rings. The summed E-state index contributed by atoms with van der Waals surface area (Å²) in [5, 5.41) is 14.7. The lowest BCUT2D eigenvalue weighted by atomic mass is 10.0. The largest absolute Gasteiger partial charge is 0.462 e. The molecule has 38 heavy (non-hydrogen) atoms. The maximum absolute atomic E-state index is 12.7.